The van der Waals surface area contributed by atoms with Crippen molar-refractivity contribution in [2.75, 3.05) is 20.2 Å². The summed E-state index contributed by atoms with van der Waals surface area (Å²) in [5.74, 6) is 2.30. The largest absolute Gasteiger partial charge is 0.493 e. The molecule has 0 saturated heterocycles. The van der Waals surface area contributed by atoms with E-state index >= 15 is 0 Å². The fraction of sp³-hybridized carbons (Fsp3) is 0.619. The van der Waals surface area contributed by atoms with Crippen LogP contribution in [0, 0.1) is 5.92 Å². The molecule has 1 amide bonds. The highest BCUT2D eigenvalue weighted by Crippen LogP contribution is 2.19. The van der Waals surface area contributed by atoms with Gasteiger partial charge in [0.25, 0.3) is 0 Å². The molecule has 1 atom stereocenters. The van der Waals surface area contributed by atoms with Crippen LogP contribution in [-0.4, -0.2) is 38.1 Å². The van der Waals surface area contributed by atoms with Crippen molar-refractivity contribution in [3.63, 3.8) is 0 Å². The van der Waals surface area contributed by atoms with E-state index in [2.05, 4.69) is 53.8 Å². The second-order valence-electron chi connectivity index (χ2n) is 7.58. The van der Waals surface area contributed by atoms with Gasteiger partial charge >= 0.3 is 0 Å². The van der Waals surface area contributed by atoms with E-state index in [1.54, 1.807) is 7.05 Å². The van der Waals surface area contributed by atoms with E-state index in [0.717, 1.165) is 37.6 Å². The average molecular weight is 502 g/mol. The fourth-order valence-electron chi connectivity index (χ4n) is 2.58. The summed E-state index contributed by atoms with van der Waals surface area (Å²) < 4.78 is 5.73. The van der Waals surface area contributed by atoms with E-state index in [-0.39, 0.29) is 35.9 Å². The lowest BCUT2D eigenvalue weighted by Gasteiger charge is -2.19. The van der Waals surface area contributed by atoms with Crippen LogP contribution in [0.15, 0.2) is 29.3 Å². The van der Waals surface area contributed by atoms with Crippen LogP contribution < -0.4 is 20.7 Å². The zero-order valence-electron chi connectivity index (χ0n) is 17.5. The molecular formula is C21H35IN4O2. The molecule has 1 aromatic carbocycles. The number of carbonyl (C=O) groups excluding carboxylic acids is 1. The smallest absolute Gasteiger partial charge is 0.220 e. The molecule has 0 spiro atoms. The van der Waals surface area contributed by atoms with E-state index in [0.29, 0.717) is 24.9 Å². The van der Waals surface area contributed by atoms with Crippen LogP contribution in [0.1, 0.15) is 58.1 Å². The van der Waals surface area contributed by atoms with Gasteiger partial charge in [-0.3, -0.25) is 9.79 Å². The van der Waals surface area contributed by atoms with Gasteiger partial charge in [0, 0.05) is 26.1 Å². The number of hydrogen-bond acceptors (Lipinski definition) is 3. The highest BCUT2D eigenvalue weighted by Gasteiger charge is 2.22. The second-order valence-corrected chi connectivity index (χ2v) is 7.58. The minimum Gasteiger partial charge on any atom is -0.493 e. The topological polar surface area (TPSA) is 74.8 Å². The predicted octanol–water partition coefficient (Wildman–Crippen LogP) is 3.62. The summed E-state index contributed by atoms with van der Waals surface area (Å²) in [5.41, 5.74) is 1.17. The third-order valence-electron chi connectivity index (χ3n) is 4.36. The zero-order valence-corrected chi connectivity index (χ0v) is 19.8. The number of aliphatic imine (C=N–C) groups is 1. The van der Waals surface area contributed by atoms with Crippen molar-refractivity contribution in [3.8, 4) is 5.75 Å². The Balaban J connectivity index is 0.00000392. The molecule has 0 aromatic heterocycles. The van der Waals surface area contributed by atoms with E-state index < -0.39 is 0 Å². The summed E-state index contributed by atoms with van der Waals surface area (Å²) in [6.07, 6.45) is 3.59. The van der Waals surface area contributed by atoms with Gasteiger partial charge in [-0.25, -0.2) is 0 Å². The van der Waals surface area contributed by atoms with Gasteiger partial charge in [0.2, 0.25) is 5.91 Å². The summed E-state index contributed by atoms with van der Waals surface area (Å²) >= 11 is 0. The monoisotopic (exact) mass is 502 g/mol. The molecule has 28 heavy (non-hydrogen) atoms. The summed E-state index contributed by atoms with van der Waals surface area (Å²) in [6, 6.07) is 8.71. The molecule has 1 aromatic rings. The molecule has 2 rings (SSSR count). The van der Waals surface area contributed by atoms with Crippen molar-refractivity contribution in [3.05, 3.63) is 29.8 Å². The van der Waals surface area contributed by atoms with Crippen LogP contribution in [-0.2, 0) is 4.79 Å². The van der Waals surface area contributed by atoms with Gasteiger partial charge in [-0.05, 0) is 49.8 Å². The summed E-state index contributed by atoms with van der Waals surface area (Å²) in [7, 11) is 1.75. The van der Waals surface area contributed by atoms with E-state index in [1.165, 1.54) is 5.56 Å². The highest BCUT2D eigenvalue weighted by atomic mass is 127. The quantitative estimate of drug-likeness (QED) is 0.198. The Bertz CT molecular complexity index is 615. The minimum atomic E-state index is 0. The number of benzene rings is 1. The number of guanidine groups is 1. The molecule has 3 N–H and O–H groups in total. The van der Waals surface area contributed by atoms with Gasteiger partial charge in [-0.1, -0.05) is 26.0 Å². The Morgan fingerprint density at radius 2 is 1.89 bits per heavy atom. The summed E-state index contributed by atoms with van der Waals surface area (Å²) in [5, 5.41) is 9.66. The van der Waals surface area contributed by atoms with Crippen molar-refractivity contribution in [2.24, 2.45) is 10.9 Å². The summed E-state index contributed by atoms with van der Waals surface area (Å²) in [4.78, 5) is 16.0. The second kappa shape index (κ2) is 12.9. The van der Waals surface area contributed by atoms with Gasteiger partial charge in [0.15, 0.2) is 5.96 Å². The maximum absolute atomic E-state index is 11.7. The third kappa shape index (κ3) is 9.61. The molecule has 1 aliphatic carbocycles. The van der Waals surface area contributed by atoms with E-state index in [4.69, 9.17) is 4.74 Å². The van der Waals surface area contributed by atoms with Crippen molar-refractivity contribution >= 4 is 35.8 Å². The standard InChI is InChI=1S/C21H34N4O2.HI/c1-15(2)14-27-19-11-7-17(8-12-19)16(3)24-21(22-4)23-13-5-6-20(26)25-18-9-10-18;/h7-8,11-12,15-16,18H,5-6,9-10,13-14H2,1-4H3,(H,25,26)(H2,22,23,24);1H. The lowest BCUT2D eigenvalue weighted by Crippen LogP contribution is -2.39. The molecule has 0 bridgehead atoms. The van der Waals surface area contributed by atoms with Gasteiger partial charge in [-0.15, -0.1) is 24.0 Å². The molecule has 1 unspecified atom stereocenters. The first kappa shape index (κ1) is 24.5. The number of carbonyl (C=O) groups is 1. The Hall–Kier alpha value is -1.51. The summed E-state index contributed by atoms with van der Waals surface area (Å²) in [6.45, 7) is 7.81. The third-order valence-corrected chi connectivity index (χ3v) is 4.36. The molecule has 1 saturated carbocycles. The molecule has 0 aliphatic heterocycles. The van der Waals surface area contributed by atoms with Crippen LogP contribution in [0.25, 0.3) is 0 Å². The Kier molecular flexibility index (Phi) is 11.3. The first-order chi connectivity index (χ1) is 13.0. The molecule has 158 valence electrons. The van der Waals surface area contributed by atoms with Crippen LogP contribution >= 0.6 is 24.0 Å². The normalized spacial score (nSPS) is 14.8. The molecular weight excluding hydrogens is 467 g/mol. The highest BCUT2D eigenvalue weighted by molar-refractivity contribution is 14.0. The number of nitrogens with one attached hydrogen (secondary N) is 3. The molecule has 7 heteroatoms. The van der Waals surface area contributed by atoms with Gasteiger partial charge in [0.05, 0.1) is 12.6 Å². The van der Waals surface area contributed by atoms with Gasteiger partial charge in [0.1, 0.15) is 5.75 Å². The number of ether oxygens (including phenoxy) is 1. The van der Waals surface area contributed by atoms with Crippen molar-refractivity contribution < 1.29 is 9.53 Å². The molecule has 6 nitrogen and oxygen atoms in total. The van der Waals surface area contributed by atoms with Gasteiger partial charge < -0.3 is 20.7 Å². The van der Waals surface area contributed by atoms with Crippen LogP contribution in [0.2, 0.25) is 0 Å². The maximum Gasteiger partial charge on any atom is 0.220 e. The van der Waals surface area contributed by atoms with Crippen molar-refractivity contribution in [1.29, 1.82) is 0 Å². The number of hydrogen-bond donors (Lipinski definition) is 3. The SMILES string of the molecule is CN=C(NCCCC(=O)NC1CC1)NC(C)c1ccc(OCC(C)C)cc1.I. The van der Waals surface area contributed by atoms with Crippen LogP contribution in [0.5, 0.6) is 5.75 Å². The van der Waals surface area contributed by atoms with E-state index in [1.807, 2.05) is 12.1 Å². The lowest BCUT2D eigenvalue weighted by atomic mass is 10.1. The number of amides is 1. The number of rotatable bonds is 10. The fourth-order valence-corrected chi connectivity index (χ4v) is 2.58. The first-order valence-corrected chi connectivity index (χ1v) is 9.97. The Morgan fingerprint density at radius 3 is 2.46 bits per heavy atom. The van der Waals surface area contributed by atoms with Gasteiger partial charge in [-0.2, -0.15) is 0 Å². The predicted molar refractivity (Wildman–Crippen MR) is 126 cm³/mol. The Morgan fingerprint density at radius 1 is 1.21 bits per heavy atom. The number of nitrogens with zero attached hydrogens (tertiary/aromatic N) is 1. The minimum absolute atomic E-state index is 0. The molecule has 1 aliphatic rings. The van der Waals surface area contributed by atoms with Crippen molar-refractivity contribution in [1.82, 2.24) is 16.0 Å². The molecule has 0 heterocycles. The number of halogens is 1. The first-order valence-electron chi connectivity index (χ1n) is 9.97. The van der Waals surface area contributed by atoms with Crippen LogP contribution in [0.3, 0.4) is 0 Å². The van der Waals surface area contributed by atoms with Crippen molar-refractivity contribution in [2.45, 2.75) is 58.5 Å². The maximum atomic E-state index is 11.7. The lowest BCUT2D eigenvalue weighted by molar-refractivity contribution is -0.121. The average Bonchev–Trinajstić information content (AvgIpc) is 3.46. The Labute approximate surface area is 186 Å². The van der Waals surface area contributed by atoms with Crippen LogP contribution in [0.4, 0.5) is 0 Å². The zero-order chi connectivity index (χ0) is 19.6. The molecule has 0 radical (unpaired) electrons. The molecule has 1 fully saturated rings. The van der Waals surface area contributed by atoms with E-state index in [9.17, 15) is 4.79 Å².